The van der Waals surface area contributed by atoms with Crippen LogP contribution in [0.15, 0.2) is 144 Å². The lowest BCUT2D eigenvalue weighted by Gasteiger charge is -2.28. The molecule has 1 aliphatic rings. The molecule has 1 N–H and O–H groups in total. The van der Waals surface area contributed by atoms with Gasteiger partial charge in [-0.05, 0) is 53.5 Å². The number of carbonyl (C=O) groups excluding carboxylic acids is 3. The average Bonchev–Trinajstić information content (AvgIpc) is 3.18. The molecule has 0 saturated heterocycles. The van der Waals surface area contributed by atoms with Crippen molar-refractivity contribution in [2.75, 3.05) is 12.9 Å². The van der Waals surface area contributed by atoms with Crippen LogP contribution in [0.4, 0.5) is 5.69 Å². The maximum atomic E-state index is 14.2. The second-order valence-electron chi connectivity index (χ2n) is 11.6. The van der Waals surface area contributed by atoms with Crippen molar-refractivity contribution in [2.45, 2.75) is 19.6 Å². The van der Waals surface area contributed by atoms with Gasteiger partial charge < -0.3 is 14.8 Å². The number of nitro groups is 1. The molecule has 3 amide bonds. The molecule has 4 aromatic rings. The van der Waals surface area contributed by atoms with Crippen molar-refractivity contribution >= 4 is 58.0 Å². The molecular formula is C41H35ClN4O7S. The van der Waals surface area contributed by atoms with Gasteiger partial charge in [-0.15, -0.1) is 0 Å². The number of ether oxygens (including phenoxy) is 2. The normalized spacial score (nSPS) is 14.0. The molecule has 0 saturated carbocycles. The van der Waals surface area contributed by atoms with Gasteiger partial charge in [0.05, 0.1) is 28.9 Å². The first-order valence-electron chi connectivity index (χ1n) is 16.5. The van der Waals surface area contributed by atoms with E-state index in [2.05, 4.69) is 16.9 Å². The fraction of sp³-hybridized carbons (Fsp3) is 0.122. The van der Waals surface area contributed by atoms with Crippen LogP contribution < -0.4 is 14.8 Å². The van der Waals surface area contributed by atoms with Gasteiger partial charge >= 0.3 is 0 Å². The molecule has 1 heterocycles. The Kier molecular flexibility index (Phi) is 13.4. The van der Waals surface area contributed by atoms with Gasteiger partial charge in [-0.1, -0.05) is 121 Å². The van der Waals surface area contributed by atoms with Gasteiger partial charge in [-0.3, -0.25) is 29.4 Å². The topological polar surface area (TPSA) is 140 Å². The molecule has 54 heavy (non-hydrogen) atoms. The molecule has 1 aliphatic heterocycles. The molecule has 0 bridgehead atoms. The summed E-state index contributed by atoms with van der Waals surface area (Å²) in [5.74, 6) is -1.59. The van der Waals surface area contributed by atoms with Crippen LogP contribution in [-0.2, 0) is 21.0 Å². The molecule has 274 valence electrons. The van der Waals surface area contributed by atoms with E-state index in [9.17, 15) is 24.5 Å². The smallest absolute Gasteiger partial charge is 0.285 e. The van der Waals surface area contributed by atoms with Gasteiger partial charge in [-0.25, -0.2) is 0 Å². The number of thioether (sulfide) groups is 1. The number of nitro benzene ring substituents is 1. The largest absolute Gasteiger partial charge is 0.493 e. The van der Waals surface area contributed by atoms with E-state index >= 15 is 0 Å². The lowest BCUT2D eigenvalue weighted by molar-refractivity contribution is -0.384. The van der Waals surface area contributed by atoms with Crippen LogP contribution >= 0.6 is 23.4 Å². The van der Waals surface area contributed by atoms with E-state index in [4.69, 9.17) is 21.1 Å². The number of halogens is 1. The fourth-order valence-corrected chi connectivity index (χ4v) is 6.52. The lowest BCUT2D eigenvalue weighted by atomic mass is 9.99. The minimum Gasteiger partial charge on any atom is -0.493 e. The van der Waals surface area contributed by atoms with Crippen LogP contribution in [0.1, 0.15) is 35.2 Å². The molecule has 5 rings (SSSR count). The third kappa shape index (κ3) is 9.59. The second kappa shape index (κ2) is 18.5. The van der Waals surface area contributed by atoms with Crippen molar-refractivity contribution in [2.24, 2.45) is 4.99 Å². The first-order valence-corrected chi connectivity index (χ1v) is 17.9. The third-order valence-electron chi connectivity index (χ3n) is 7.98. The predicted molar refractivity (Wildman–Crippen MR) is 211 cm³/mol. The van der Waals surface area contributed by atoms with Gasteiger partial charge in [0.1, 0.15) is 12.2 Å². The summed E-state index contributed by atoms with van der Waals surface area (Å²) in [5, 5.41) is 14.4. The van der Waals surface area contributed by atoms with Gasteiger partial charge in [0.25, 0.3) is 17.5 Å². The number of amidine groups is 1. The van der Waals surface area contributed by atoms with Crippen molar-refractivity contribution in [1.82, 2.24) is 10.2 Å². The zero-order valence-corrected chi connectivity index (χ0v) is 30.9. The van der Waals surface area contributed by atoms with Gasteiger partial charge in [-0.2, -0.15) is 4.99 Å². The zero-order chi connectivity index (χ0) is 38.6. The number of amides is 3. The highest BCUT2D eigenvalue weighted by Crippen LogP contribution is 2.38. The number of hydrogen-bond donors (Lipinski definition) is 1. The summed E-state index contributed by atoms with van der Waals surface area (Å²) < 4.78 is 11.4. The quantitative estimate of drug-likeness (QED) is 0.0446. The number of nitrogens with zero attached hydrogens (tertiary/aromatic N) is 3. The van der Waals surface area contributed by atoms with Gasteiger partial charge in [0.2, 0.25) is 5.91 Å². The number of benzene rings is 4. The zero-order valence-electron chi connectivity index (χ0n) is 29.3. The summed E-state index contributed by atoms with van der Waals surface area (Å²) in [6.45, 7) is 5.40. The Labute approximate surface area is 321 Å². The first-order chi connectivity index (χ1) is 26.1. The monoisotopic (exact) mass is 762 g/mol. The number of aliphatic imine (C=N–C) groups is 1. The third-order valence-corrected chi connectivity index (χ3v) is 9.20. The number of methoxy groups -OCH3 is 1. The Morgan fingerprint density at radius 1 is 1.04 bits per heavy atom. The van der Waals surface area contributed by atoms with E-state index in [1.54, 1.807) is 43.4 Å². The number of hydrogen-bond acceptors (Lipinski definition) is 8. The Balaban J connectivity index is 1.41. The Morgan fingerprint density at radius 2 is 1.72 bits per heavy atom. The SMILES string of the molecule is C=C/C=C\C(=C/C)N1C(=O)/C(=C/c2cc(Cl)c(OCc3cccc([N+](=O)[O-])c3)c(OC)c2)C(=O)N=C1SCC(=O)NC(c1ccccc1)c1ccccc1. The first kappa shape index (κ1) is 39.0. The summed E-state index contributed by atoms with van der Waals surface area (Å²) in [7, 11) is 1.40. The summed E-state index contributed by atoms with van der Waals surface area (Å²) in [5.41, 5.74) is 2.72. The van der Waals surface area contributed by atoms with E-state index in [0.717, 1.165) is 22.9 Å². The maximum Gasteiger partial charge on any atom is 0.285 e. The van der Waals surface area contributed by atoms with E-state index in [0.29, 0.717) is 16.8 Å². The molecule has 11 nitrogen and oxygen atoms in total. The highest BCUT2D eigenvalue weighted by Gasteiger charge is 2.35. The number of allylic oxidation sites excluding steroid dienone is 4. The lowest BCUT2D eigenvalue weighted by Crippen LogP contribution is -2.42. The second-order valence-corrected chi connectivity index (χ2v) is 12.9. The highest BCUT2D eigenvalue weighted by atomic mass is 35.5. The van der Waals surface area contributed by atoms with Crippen LogP contribution in [-0.4, -0.2) is 45.6 Å². The van der Waals surface area contributed by atoms with Crippen LogP contribution in [0.3, 0.4) is 0 Å². The average molecular weight is 763 g/mol. The highest BCUT2D eigenvalue weighted by molar-refractivity contribution is 8.14. The molecule has 0 fully saturated rings. The minimum absolute atomic E-state index is 0.0237. The molecule has 0 radical (unpaired) electrons. The number of non-ortho nitro benzene ring substituents is 1. The number of nitrogens with one attached hydrogen (secondary N) is 1. The van der Waals surface area contributed by atoms with Crippen molar-refractivity contribution in [3.63, 3.8) is 0 Å². The Bertz CT molecular complexity index is 2150. The summed E-state index contributed by atoms with van der Waals surface area (Å²) >= 11 is 7.55. The standard InChI is InChI=1S/C41H35ClN4O7S/c1-4-6-19-31(5-2)45-40(49)33(22-28-23-34(42)38(35(24-28)52-3)53-25-27-14-13-20-32(21-27)46(50)51)39(48)44-41(45)54-26-36(47)43-37(29-15-9-7-10-16-29)30-17-11-8-12-18-30/h4-24,37H,1,25-26H2,2-3H3,(H,43,47)/b19-6-,31-5+,33-22+. The summed E-state index contributed by atoms with van der Waals surface area (Å²) in [6.07, 6.45) is 7.85. The molecule has 13 heteroatoms. The molecule has 0 unspecified atom stereocenters. The molecule has 0 spiro atoms. The summed E-state index contributed by atoms with van der Waals surface area (Å²) in [6, 6.07) is 27.7. The van der Waals surface area contributed by atoms with E-state index in [-0.39, 0.29) is 51.2 Å². The van der Waals surface area contributed by atoms with Gasteiger partial charge in [0, 0.05) is 17.8 Å². The predicted octanol–water partition coefficient (Wildman–Crippen LogP) is 8.23. The summed E-state index contributed by atoms with van der Waals surface area (Å²) in [4.78, 5) is 57.3. The number of rotatable bonds is 14. The number of carbonyl (C=O) groups is 3. The van der Waals surface area contributed by atoms with Crippen molar-refractivity contribution < 1.29 is 28.8 Å². The van der Waals surface area contributed by atoms with Gasteiger partial charge in [0.15, 0.2) is 16.7 Å². The van der Waals surface area contributed by atoms with E-state index in [1.807, 2.05) is 60.7 Å². The van der Waals surface area contributed by atoms with E-state index < -0.39 is 22.8 Å². The van der Waals surface area contributed by atoms with Crippen molar-refractivity contribution in [3.05, 3.63) is 177 Å². The van der Waals surface area contributed by atoms with Crippen LogP contribution in [0, 0.1) is 10.1 Å². The van der Waals surface area contributed by atoms with E-state index in [1.165, 1.54) is 42.4 Å². The molecule has 4 aromatic carbocycles. The Hall–Kier alpha value is -6.24. The molecular weight excluding hydrogens is 728 g/mol. The fourth-order valence-electron chi connectivity index (χ4n) is 5.44. The molecule has 0 aliphatic carbocycles. The van der Waals surface area contributed by atoms with Crippen LogP contribution in [0.5, 0.6) is 11.5 Å². The van der Waals surface area contributed by atoms with Crippen molar-refractivity contribution in [3.8, 4) is 11.5 Å². The van der Waals surface area contributed by atoms with Crippen LogP contribution in [0.2, 0.25) is 5.02 Å². The van der Waals surface area contributed by atoms with Crippen LogP contribution in [0.25, 0.3) is 6.08 Å². The molecule has 0 atom stereocenters. The maximum absolute atomic E-state index is 14.2. The Morgan fingerprint density at radius 3 is 2.33 bits per heavy atom. The minimum atomic E-state index is -0.810. The molecule has 0 aromatic heterocycles. The van der Waals surface area contributed by atoms with Crippen molar-refractivity contribution in [1.29, 1.82) is 0 Å².